The summed E-state index contributed by atoms with van der Waals surface area (Å²) < 4.78 is 209. The number of ether oxygens (including phenoxy) is 10. The van der Waals surface area contributed by atoms with Crippen LogP contribution in [0.1, 0.15) is 307 Å². The van der Waals surface area contributed by atoms with Gasteiger partial charge in [-0.05, 0) is 258 Å². The molecule has 10 aromatic rings. The average molecular weight is 1870 g/mol. The Morgan fingerprint density at radius 1 is 0.178 bits per heavy atom. The summed E-state index contributed by atoms with van der Waals surface area (Å²) in [6.07, 6.45) is 30.6. The minimum absolute atomic E-state index is 0.0235. The molecule has 732 valence electrons. The highest BCUT2D eigenvalue weighted by atomic mass is 19.3. The van der Waals surface area contributed by atoms with Crippen molar-refractivity contribution in [3.63, 3.8) is 0 Å². The number of halogens is 10. The van der Waals surface area contributed by atoms with E-state index in [1.54, 1.807) is 60.7 Å². The maximum atomic E-state index is 15.5. The molecule has 0 aliphatic heterocycles. The first-order valence-corrected chi connectivity index (χ1v) is 49.7. The van der Waals surface area contributed by atoms with E-state index < -0.39 is 67.6 Å². The summed E-state index contributed by atoms with van der Waals surface area (Å²) in [5.74, 6) is -1.87. The lowest BCUT2D eigenvalue weighted by molar-refractivity contribution is -0.0505. The number of hydrogen-bond donors (Lipinski definition) is 0. The molecule has 10 rings (SSSR count). The van der Waals surface area contributed by atoms with Gasteiger partial charge in [0.15, 0.2) is 0 Å². The zero-order chi connectivity index (χ0) is 95.7. The van der Waals surface area contributed by atoms with Crippen LogP contribution in [0.15, 0.2) is 243 Å². The van der Waals surface area contributed by atoms with E-state index in [9.17, 15) is 35.1 Å². The number of rotatable bonds is 69. The van der Waals surface area contributed by atoms with Gasteiger partial charge in [-0.15, -0.1) is 0 Å². The summed E-state index contributed by atoms with van der Waals surface area (Å²) >= 11 is 0. The number of benzene rings is 10. The van der Waals surface area contributed by atoms with Gasteiger partial charge in [0.25, 0.3) is 0 Å². The van der Waals surface area contributed by atoms with Crippen molar-refractivity contribution in [3.05, 3.63) is 298 Å². The van der Waals surface area contributed by atoms with Crippen LogP contribution in [0.25, 0.3) is 0 Å². The zero-order valence-electron chi connectivity index (χ0n) is 79.7. The molecule has 6 atom stereocenters. The first-order valence-electron chi connectivity index (χ1n) is 49.7. The number of alkyl halides is 10. The fraction of sp³-hybridized carbons (Fsp3) is 0.478. The topological polar surface area (TPSA) is 92.3 Å². The van der Waals surface area contributed by atoms with Crippen LogP contribution < -0.4 is 47.4 Å². The fourth-order valence-corrected chi connectivity index (χ4v) is 19.5. The van der Waals surface area contributed by atoms with Crippen molar-refractivity contribution in [1.29, 1.82) is 0 Å². The molecule has 6 unspecified atom stereocenters. The molecular weight excluding hydrogens is 1730 g/mol. The van der Waals surface area contributed by atoms with Crippen molar-refractivity contribution < 1.29 is 91.3 Å². The standard InChI is InChI=1S/C115H142F10O10/c1-6-11-16-21-24-26-30-35-80-130-99-72-52-93(53-73-99)114(105(81-85-36-56-100(57-37-85)131-109(116)117)89-44-64-95(65-45-89)126-76-31-20-15-10-5,106(82-86-38-58-101(59-39-86)132-110(118)119)90-46-66-96(67-47-90)127-77-32-27-19-14-9-4)115(94-54-74-104(75-55-94)135-113(124)125,107(83-87-40-60-102(61-41-87)133-111(120)121)91-48-68-97(69-49-91)128-78-33-28-23-18-13-8-3)108(84-88-42-62-103(63-43-88)134-112(122)123)92-50-70-98(71-51-92)129-79-34-29-25-22-17-12-7-2/h36-75,105-113H,6-35,76-84H2,1-5H3. The largest absolute Gasteiger partial charge is 0.494 e. The summed E-state index contributed by atoms with van der Waals surface area (Å²) in [7, 11) is 0. The highest BCUT2D eigenvalue weighted by Crippen LogP contribution is 2.71. The van der Waals surface area contributed by atoms with Crippen molar-refractivity contribution >= 4 is 0 Å². The molecular formula is C115H142F10O10. The third-order valence-corrected chi connectivity index (χ3v) is 26.1. The van der Waals surface area contributed by atoms with Gasteiger partial charge in [-0.2, -0.15) is 43.9 Å². The summed E-state index contributed by atoms with van der Waals surface area (Å²) in [6.45, 7) is -3.14. The minimum atomic E-state index is -3.29. The van der Waals surface area contributed by atoms with Crippen LogP contribution in [0.5, 0.6) is 57.5 Å². The summed E-state index contributed by atoms with van der Waals surface area (Å²) in [5.41, 5.74) is 2.95. The molecule has 20 heteroatoms. The van der Waals surface area contributed by atoms with Crippen molar-refractivity contribution in [2.45, 2.75) is 320 Å². The molecule has 0 amide bonds. The molecule has 0 aliphatic rings. The highest BCUT2D eigenvalue weighted by molar-refractivity contribution is 5.59. The third kappa shape index (κ3) is 34.0. The predicted molar refractivity (Wildman–Crippen MR) is 521 cm³/mol. The SMILES string of the molecule is CCCCCCCCCCOc1ccc(C(C(Cc2ccc(OC(F)F)cc2)c2ccc(OCCCCCC)cc2)(C(Cc2ccc(OC(F)F)cc2)c2ccc(OCCCCCCC)cc2)C(c2ccc(OC(F)F)cc2)(C(Cc2ccc(OC(F)F)cc2)c2ccc(OCCCCCCCC)cc2)C(Cc2ccc(OC(F)F)cc2)c2ccc(OCCCCCCCCC)cc2)cc1. The molecule has 0 N–H and O–H groups in total. The van der Waals surface area contributed by atoms with E-state index in [0.29, 0.717) is 106 Å². The van der Waals surface area contributed by atoms with Crippen molar-refractivity contribution in [1.82, 2.24) is 0 Å². The van der Waals surface area contributed by atoms with Gasteiger partial charge in [-0.25, -0.2) is 0 Å². The van der Waals surface area contributed by atoms with Gasteiger partial charge in [0.05, 0.1) is 33.0 Å². The molecule has 0 bridgehead atoms. The summed E-state index contributed by atoms with van der Waals surface area (Å²) in [5, 5.41) is 0. The van der Waals surface area contributed by atoms with Crippen LogP contribution in [-0.4, -0.2) is 66.1 Å². The van der Waals surface area contributed by atoms with Crippen LogP contribution in [0.4, 0.5) is 43.9 Å². The Balaban J connectivity index is 1.48. The first-order chi connectivity index (χ1) is 65.8. The molecule has 0 radical (unpaired) electrons. The second-order valence-electron chi connectivity index (χ2n) is 35.6. The Morgan fingerprint density at radius 2 is 0.326 bits per heavy atom. The van der Waals surface area contributed by atoms with E-state index >= 15 is 8.78 Å². The maximum Gasteiger partial charge on any atom is 0.387 e. The lowest BCUT2D eigenvalue weighted by atomic mass is 9.36. The molecule has 0 aromatic heterocycles. The molecule has 10 aromatic carbocycles. The Bertz CT molecular complexity index is 4650. The second kappa shape index (κ2) is 58.8. The van der Waals surface area contributed by atoms with E-state index in [0.717, 1.165) is 191 Å². The quantitative estimate of drug-likeness (QED) is 0.0271. The van der Waals surface area contributed by atoms with Crippen LogP contribution in [0.3, 0.4) is 0 Å². The molecule has 0 spiro atoms. The molecule has 0 heterocycles. The lowest BCUT2D eigenvalue weighted by Crippen LogP contribution is -2.63. The van der Waals surface area contributed by atoms with Crippen molar-refractivity contribution in [2.75, 3.05) is 33.0 Å². The van der Waals surface area contributed by atoms with Crippen LogP contribution in [0.2, 0.25) is 0 Å². The molecule has 135 heavy (non-hydrogen) atoms. The van der Waals surface area contributed by atoms with Gasteiger partial charge in [0, 0.05) is 10.8 Å². The van der Waals surface area contributed by atoms with E-state index in [2.05, 4.69) is 95.3 Å². The Hall–Kier alpha value is -10.5. The Kier molecular flexibility index (Phi) is 46.4. The van der Waals surface area contributed by atoms with Gasteiger partial charge in [-0.1, -0.05) is 316 Å². The third-order valence-electron chi connectivity index (χ3n) is 26.1. The van der Waals surface area contributed by atoms with Gasteiger partial charge in [0.2, 0.25) is 0 Å². The molecule has 0 saturated carbocycles. The van der Waals surface area contributed by atoms with Gasteiger partial charge in [-0.3, -0.25) is 0 Å². The smallest absolute Gasteiger partial charge is 0.387 e. The molecule has 0 fully saturated rings. The molecule has 0 aliphatic carbocycles. The van der Waals surface area contributed by atoms with Crippen LogP contribution in [-0.2, 0) is 36.5 Å². The normalized spacial score (nSPS) is 13.5. The van der Waals surface area contributed by atoms with E-state index in [-0.39, 0.29) is 54.4 Å². The predicted octanol–water partition coefficient (Wildman–Crippen LogP) is 33.7. The average Bonchev–Trinajstić information content (AvgIpc) is 0.669. The Morgan fingerprint density at radius 3 is 0.504 bits per heavy atom. The monoisotopic (exact) mass is 1870 g/mol. The van der Waals surface area contributed by atoms with Crippen LogP contribution in [0, 0.1) is 0 Å². The minimum Gasteiger partial charge on any atom is -0.494 e. The lowest BCUT2D eigenvalue weighted by Gasteiger charge is -2.65. The van der Waals surface area contributed by atoms with Crippen molar-refractivity contribution in [3.8, 4) is 57.5 Å². The first kappa shape index (κ1) is 107. The molecule has 0 saturated heterocycles. The number of unbranched alkanes of at least 4 members (excludes halogenated alkanes) is 25. The summed E-state index contributed by atoms with van der Waals surface area (Å²) in [6, 6.07) is 73.7. The van der Waals surface area contributed by atoms with Crippen molar-refractivity contribution in [2.24, 2.45) is 0 Å². The van der Waals surface area contributed by atoms with Gasteiger partial charge in [0.1, 0.15) is 57.5 Å². The van der Waals surface area contributed by atoms with E-state index in [1.807, 2.05) is 72.8 Å². The Labute approximate surface area is 796 Å². The maximum absolute atomic E-state index is 15.5. The van der Waals surface area contributed by atoms with Gasteiger partial charge >= 0.3 is 33.1 Å². The van der Waals surface area contributed by atoms with Gasteiger partial charge < -0.3 is 47.4 Å². The van der Waals surface area contributed by atoms with E-state index in [1.165, 1.54) is 61.4 Å². The second-order valence-corrected chi connectivity index (χ2v) is 35.6. The highest BCUT2D eigenvalue weighted by Gasteiger charge is 2.67. The molecule has 10 nitrogen and oxygen atoms in total. The summed E-state index contributed by atoms with van der Waals surface area (Å²) in [4.78, 5) is 0. The van der Waals surface area contributed by atoms with E-state index in [4.69, 9.17) is 47.4 Å². The fourth-order valence-electron chi connectivity index (χ4n) is 19.5. The number of hydrogen-bond acceptors (Lipinski definition) is 10. The van der Waals surface area contributed by atoms with Crippen LogP contribution >= 0.6 is 0 Å². The zero-order valence-corrected chi connectivity index (χ0v) is 79.7.